The highest BCUT2D eigenvalue weighted by molar-refractivity contribution is 6.00. The predicted octanol–water partition coefficient (Wildman–Crippen LogP) is 8.94. The van der Waals surface area contributed by atoms with Gasteiger partial charge in [-0.25, -0.2) is 0 Å². The Hall–Kier alpha value is -1.06. The molecule has 0 spiro atoms. The van der Waals surface area contributed by atoms with Crippen molar-refractivity contribution in [1.82, 2.24) is 0 Å². The molecule has 0 aromatic heterocycles. The van der Waals surface area contributed by atoms with E-state index in [2.05, 4.69) is 27.7 Å². The van der Waals surface area contributed by atoms with Gasteiger partial charge >= 0.3 is 11.9 Å². The van der Waals surface area contributed by atoms with Gasteiger partial charge in [0.25, 0.3) is 0 Å². The monoisotopic (exact) mass is 468 g/mol. The summed E-state index contributed by atoms with van der Waals surface area (Å²) in [4.78, 5) is 26.6. The molecule has 0 bridgehead atoms. The Labute approximate surface area is 206 Å². The van der Waals surface area contributed by atoms with Crippen molar-refractivity contribution in [3.63, 3.8) is 0 Å². The number of carbonyl (C=O) groups excluding carboxylic acids is 2. The van der Waals surface area contributed by atoms with Gasteiger partial charge in [-0.2, -0.15) is 0 Å². The van der Waals surface area contributed by atoms with Crippen molar-refractivity contribution in [2.45, 2.75) is 163 Å². The molecule has 1 atom stereocenters. The second-order valence-electron chi connectivity index (χ2n) is 9.89. The fraction of sp³-hybridized carbons (Fsp3) is 0.931. The zero-order chi connectivity index (χ0) is 25.0. The largest absolute Gasteiger partial charge is 0.465 e. The summed E-state index contributed by atoms with van der Waals surface area (Å²) >= 11 is 0. The summed E-state index contributed by atoms with van der Waals surface area (Å²) in [7, 11) is 0. The molecule has 0 aliphatic carbocycles. The lowest BCUT2D eigenvalue weighted by Crippen LogP contribution is -2.46. The van der Waals surface area contributed by atoms with E-state index in [1.54, 1.807) is 0 Å². The van der Waals surface area contributed by atoms with Crippen molar-refractivity contribution in [1.29, 1.82) is 0 Å². The van der Waals surface area contributed by atoms with Crippen LogP contribution in [0.1, 0.15) is 157 Å². The molecule has 0 heterocycles. The third-order valence-corrected chi connectivity index (χ3v) is 7.40. The van der Waals surface area contributed by atoms with E-state index in [0.717, 1.165) is 51.4 Å². The smallest absolute Gasteiger partial charge is 0.324 e. The van der Waals surface area contributed by atoms with Crippen molar-refractivity contribution < 1.29 is 19.1 Å². The number of hydrogen-bond acceptors (Lipinski definition) is 4. The average molecular weight is 469 g/mol. The van der Waals surface area contributed by atoms with Crippen LogP contribution < -0.4 is 0 Å². The van der Waals surface area contributed by atoms with E-state index in [9.17, 15) is 9.59 Å². The van der Waals surface area contributed by atoms with Crippen LogP contribution in [-0.4, -0.2) is 24.1 Å². The topological polar surface area (TPSA) is 52.6 Å². The Balaban J connectivity index is 5.13. The Bertz CT molecular complexity index is 498. The van der Waals surface area contributed by atoms with Gasteiger partial charge in [-0.3, -0.25) is 9.59 Å². The van der Waals surface area contributed by atoms with Crippen LogP contribution in [0.15, 0.2) is 0 Å². The average Bonchev–Trinajstić information content (AvgIpc) is 2.82. The molecule has 0 aliphatic heterocycles. The molecule has 0 N–H and O–H groups in total. The second kappa shape index (κ2) is 19.3. The second-order valence-corrected chi connectivity index (χ2v) is 9.89. The van der Waals surface area contributed by atoms with E-state index in [-0.39, 0.29) is 5.97 Å². The van der Waals surface area contributed by atoms with Gasteiger partial charge in [0.2, 0.25) is 0 Å². The third kappa shape index (κ3) is 11.8. The van der Waals surface area contributed by atoms with Gasteiger partial charge in [-0.05, 0) is 51.4 Å². The maximum atomic E-state index is 13.5. The van der Waals surface area contributed by atoms with E-state index < -0.39 is 17.0 Å². The minimum Gasteiger partial charge on any atom is -0.465 e. The van der Waals surface area contributed by atoms with Gasteiger partial charge in [0.15, 0.2) is 5.41 Å². The van der Waals surface area contributed by atoms with Crippen LogP contribution in [0.5, 0.6) is 0 Å². The number of rotatable bonds is 22. The standard InChI is InChI=1S/C29H56O4/c1-7-13-16-18-20-22-25-32-26(30)29(11-5,12-6)27(31)33-28(10-4,23-15-9-3)24-21-19-17-14-8-2/h7-25H2,1-6H3. The number of unbranched alkanes of at least 4 members (excludes halogenated alkanes) is 10. The normalized spacial score (nSPS) is 13.5. The highest BCUT2D eigenvalue weighted by atomic mass is 16.6. The SMILES string of the molecule is CCCCCCCCOC(=O)C(CC)(CC)C(=O)OC(CC)(CCCC)CCCCCCC. The highest BCUT2D eigenvalue weighted by Crippen LogP contribution is 2.37. The number of hydrogen-bond donors (Lipinski definition) is 0. The molecule has 0 rings (SSSR count). The van der Waals surface area contributed by atoms with Crippen LogP contribution in [0.3, 0.4) is 0 Å². The predicted molar refractivity (Wildman–Crippen MR) is 139 cm³/mol. The van der Waals surface area contributed by atoms with Crippen LogP contribution in [0, 0.1) is 5.41 Å². The van der Waals surface area contributed by atoms with E-state index in [1.165, 1.54) is 51.4 Å². The zero-order valence-corrected chi connectivity index (χ0v) is 23.1. The lowest BCUT2D eigenvalue weighted by molar-refractivity contribution is -0.185. The Morgan fingerprint density at radius 1 is 0.545 bits per heavy atom. The minimum absolute atomic E-state index is 0.369. The molecule has 4 nitrogen and oxygen atoms in total. The summed E-state index contributed by atoms with van der Waals surface area (Å²) < 4.78 is 11.9. The molecule has 33 heavy (non-hydrogen) atoms. The summed E-state index contributed by atoms with van der Waals surface area (Å²) in [5.41, 5.74) is -1.65. The van der Waals surface area contributed by atoms with Crippen molar-refractivity contribution in [3.05, 3.63) is 0 Å². The van der Waals surface area contributed by atoms with Gasteiger partial charge in [0, 0.05) is 0 Å². The molecule has 0 fully saturated rings. The maximum absolute atomic E-state index is 13.5. The summed E-state index contributed by atoms with van der Waals surface area (Å²) in [5, 5.41) is 0. The molecule has 196 valence electrons. The molecule has 0 amide bonds. The van der Waals surface area contributed by atoms with Crippen LogP contribution >= 0.6 is 0 Å². The number of carbonyl (C=O) groups is 2. The fourth-order valence-corrected chi connectivity index (χ4v) is 4.59. The molecule has 0 saturated carbocycles. The molecule has 0 radical (unpaired) electrons. The fourth-order valence-electron chi connectivity index (χ4n) is 4.59. The van der Waals surface area contributed by atoms with Crippen LogP contribution in [0.4, 0.5) is 0 Å². The van der Waals surface area contributed by atoms with Crippen molar-refractivity contribution in [2.75, 3.05) is 6.61 Å². The Morgan fingerprint density at radius 2 is 1.03 bits per heavy atom. The Kier molecular flexibility index (Phi) is 18.6. The van der Waals surface area contributed by atoms with Crippen molar-refractivity contribution >= 4 is 11.9 Å². The molecule has 0 aliphatic rings. The molecule has 1 unspecified atom stereocenters. The Morgan fingerprint density at radius 3 is 1.55 bits per heavy atom. The lowest BCUT2D eigenvalue weighted by atomic mass is 9.81. The van der Waals surface area contributed by atoms with E-state index >= 15 is 0 Å². The molecule has 0 aromatic carbocycles. The molecular weight excluding hydrogens is 412 g/mol. The molecule has 4 heteroatoms. The van der Waals surface area contributed by atoms with Crippen LogP contribution in [-0.2, 0) is 19.1 Å². The van der Waals surface area contributed by atoms with Crippen molar-refractivity contribution in [2.24, 2.45) is 5.41 Å². The van der Waals surface area contributed by atoms with Crippen LogP contribution in [0.2, 0.25) is 0 Å². The molecular formula is C29H56O4. The molecule has 0 saturated heterocycles. The van der Waals surface area contributed by atoms with E-state index in [0.29, 0.717) is 19.4 Å². The lowest BCUT2D eigenvalue weighted by Gasteiger charge is -2.37. The quantitative estimate of drug-likeness (QED) is 0.0903. The summed E-state index contributed by atoms with van der Waals surface area (Å²) in [6.45, 7) is 12.9. The van der Waals surface area contributed by atoms with Gasteiger partial charge in [0.1, 0.15) is 5.60 Å². The third-order valence-electron chi connectivity index (χ3n) is 7.40. The van der Waals surface area contributed by atoms with Gasteiger partial charge in [0.05, 0.1) is 6.61 Å². The number of esters is 2. The van der Waals surface area contributed by atoms with Crippen molar-refractivity contribution in [3.8, 4) is 0 Å². The van der Waals surface area contributed by atoms with E-state index in [4.69, 9.17) is 9.47 Å². The summed E-state index contributed by atoms with van der Waals surface area (Å²) in [5.74, 6) is -0.763. The summed E-state index contributed by atoms with van der Waals surface area (Å²) in [6.07, 6.45) is 18.3. The number of ether oxygens (including phenoxy) is 2. The molecule has 0 aromatic rings. The zero-order valence-electron chi connectivity index (χ0n) is 23.1. The van der Waals surface area contributed by atoms with Gasteiger partial charge in [-0.15, -0.1) is 0 Å². The first kappa shape index (κ1) is 31.9. The minimum atomic E-state index is -1.18. The van der Waals surface area contributed by atoms with E-state index in [1.807, 2.05) is 13.8 Å². The first-order valence-electron chi connectivity index (χ1n) is 14.3. The van der Waals surface area contributed by atoms with Gasteiger partial charge in [-0.1, -0.05) is 106 Å². The maximum Gasteiger partial charge on any atom is 0.324 e. The summed E-state index contributed by atoms with van der Waals surface area (Å²) in [6, 6.07) is 0. The van der Waals surface area contributed by atoms with Gasteiger partial charge < -0.3 is 9.47 Å². The highest BCUT2D eigenvalue weighted by Gasteiger charge is 2.48. The first-order chi connectivity index (χ1) is 15.9. The first-order valence-corrected chi connectivity index (χ1v) is 14.3. The van der Waals surface area contributed by atoms with Crippen LogP contribution in [0.25, 0.3) is 0 Å².